The second kappa shape index (κ2) is 6.03. The van der Waals surface area contributed by atoms with Crippen molar-refractivity contribution in [1.82, 2.24) is 9.97 Å². The number of benzene rings is 1. The molecular weight excluding hydrogens is 306 g/mol. The van der Waals surface area contributed by atoms with Crippen LogP contribution in [0.15, 0.2) is 35.4 Å². The third-order valence-corrected chi connectivity index (χ3v) is 4.68. The number of thioether (sulfide) groups is 1. The second-order valence-corrected chi connectivity index (χ2v) is 6.28. The van der Waals surface area contributed by atoms with Crippen LogP contribution in [0.5, 0.6) is 0 Å². The van der Waals surface area contributed by atoms with E-state index in [1.807, 2.05) is 24.3 Å². The molecule has 21 heavy (non-hydrogen) atoms. The van der Waals surface area contributed by atoms with Crippen molar-refractivity contribution in [3.05, 3.63) is 47.0 Å². The summed E-state index contributed by atoms with van der Waals surface area (Å²) in [5, 5.41) is 0.292. The minimum Gasteiger partial charge on any atom is -0.306 e. The summed E-state index contributed by atoms with van der Waals surface area (Å²) in [6.07, 6.45) is 2.42. The summed E-state index contributed by atoms with van der Waals surface area (Å²) in [5.74, 6) is 1.37. The Balaban J connectivity index is 2.03. The van der Waals surface area contributed by atoms with Gasteiger partial charge in [-0.15, -0.1) is 11.8 Å². The number of rotatable bonds is 1. The van der Waals surface area contributed by atoms with Crippen molar-refractivity contribution < 1.29 is 4.79 Å². The van der Waals surface area contributed by atoms with Crippen molar-refractivity contribution in [2.45, 2.75) is 18.2 Å². The van der Waals surface area contributed by atoms with Crippen molar-refractivity contribution in [3.63, 3.8) is 0 Å². The Labute approximate surface area is 132 Å². The molecule has 6 heteroatoms. The van der Waals surface area contributed by atoms with Gasteiger partial charge in [0.2, 0.25) is 0 Å². The van der Waals surface area contributed by atoms with Crippen molar-refractivity contribution >= 4 is 35.0 Å². The fourth-order valence-corrected chi connectivity index (χ4v) is 3.44. The highest BCUT2D eigenvalue weighted by molar-refractivity contribution is 7.99. The smallest absolute Gasteiger partial charge is 0.278 e. The lowest BCUT2D eigenvalue weighted by atomic mass is 10.2. The molecule has 0 atom stereocenters. The van der Waals surface area contributed by atoms with Gasteiger partial charge in [-0.05, 0) is 31.2 Å². The predicted molar refractivity (Wildman–Crippen MR) is 85.2 cm³/mol. The highest BCUT2D eigenvalue weighted by atomic mass is 35.5. The number of aryl methyl sites for hydroxylation is 1. The number of nitrogens with zero attached hydrogens (tertiary/aromatic N) is 3. The summed E-state index contributed by atoms with van der Waals surface area (Å²) in [4.78, 5) is 23.9. The first-order chi connectivity index (χ1) is 10.2. The second-order valence-electron chi connectivity index (χ2n) is 4.74. The van der Waals surface area contributed by atoms with Gasteiger partial charge in [0, 0.05) is 11.4 Å². The molecule has 0 saturated carbocycles. The van der Waals surface area contributed by atoms with Gasteiger partial charge in [0.15, 0.2) is 5.69 Å². The average Bonchev–Trinajstić information content (AvgIpc) is 2.71. The summed E-state index contributed by atoms with van der Waals surface area (Å²) in [5.41, 5.74) is 1.20. The van der Waals surface area contributed by atoms with Gasteiger partial charge < -0.3 is 4.90 Å². The van der Waals surface area contributed by atoms with E-state index in [2.05, 4.69) is 9.97 Å². The Hall–Kier alpha value is -1.59. The van der Waals surface area contributed by atoms with Crippen LogP contribution in [0.4, 0.5) is 5.69 Å². The number of carbonyl (C=O) groups is 1. The first-order valence-corrected chi connectivity index (χ1v) is 8.06. The van der Waals surface area contributed by atoms with E-state index in [1.165, 1.54) is 6.20 Å². The lowest BCUT2D eigenvalue weighted by Crippen LogP contribution is -2.33. The lowest BCUT2D eigenvalue weighted by molar-refractivity contribution is 0.0981. The first kappa shape index (κ1) is 14.4. The van der Waals surface area contributed by atoms with Crippen LogP contribution in [0.1, 0.15) is 22.7 Å². The van der Waals surface area contributed by atoms with Crippen molar-refractivity contribution in [3.8, 4) is 0 Å². The van der Waals surface area contributed by atoms with E-state index < -0.39 is 0 Å². The predicted octanol–water partition coefficient (Wildman–Crippen LogP) is 3.58. The van der Waals surface area contributed by atoms with Gasteiger partial charge in [0.05, 0.1) is 16.9 Å². The maximum Gasteiger partial charge on any atom is 0.278 e. The Kier molecular flexibility index (Phi) is 4.12. The topological polar surface area (TPSA) is 46.1 Å². The monoisotopic (exact) mass is 319 g/mol. The number of amides is 1. The maximum atomic E-state index is 12.8. The molecule has 1 aliphatic rings. The normalized spacial score (nSPS) is 14.5. The molecular formula is C15H14ClN3OS. The largest absolute Gasteiger partial charge is 0.306 e. The third-order valence-electron chi connectivity index (χ3n) is 3.25. The molecule has 2 heterocycles. The lowest BCUT2D eigenvalue weighted by Gasteiger charge is -2.22. The molecule has 4 nitrogen and oxygen atoms in total. The summed E-state index contributed by atoms with van der Waals surface area (Å²) in [6, 6.07) is 7.94. The van der Waals surface area contributed by atoms with Crippen molar-refractivity contribution in [2.24, 2.45) is 0 Å². The Morgan fingerprint density at radius 2 is 2.19 bits per heavy atom. The molecule has 0 N–H and O–H groups in total. The van der Waals surface area contributed by atoms with Crippen LogP contribution in [0.25, 0.3) is 0 Å². The van der Waals surface area contributed by atoms with Crippen LogP contribution in [0.2, 0.25) is 5.02 Å². The Morgan fingerprint density at radius 1 is 1.38 bits per heavy atom. The zero-order chi connectivity index (χ0) is 14.8. The van der Waals surface area contributed by atoms with Crippen LogP contribution < -0.4 is 4.90 Å². The highest BCUT2D eigenvalue weighted by Crippen LogP contribution is 2.34. The number of hydrogen-bond donors (Lipinski definition) is 0. The van der Waals surface area contributed by atoms with Gasteiger partial charge in [0.1, 0.15) is 5.82 Å². The molecule has 2 aromatic rings. The highest BCUT2D eigenvalue weighted by Gasteiger charge is 2.25. The molecule has 0 saturated heterocycles. The number of para-hydroxylation sites is 1. The zero-order valence-electron chi connectivity index (χ0n) is 11.5. The molecule has 1 aliphatic heterocycles. The van der Waals surface area contributed by atoms with Crippen molar-refractivity contribution in [2.75, 3.05) is 17.2 Å². The first-order valence-electron chi connectivity index (χ1n) is 6.69. The van der Waals surface area contributed by atoms with Gasteiger partial charge in [-0.1, -0.05) is 23.7 Å². The SMILES string of the molecule is Cc1ncc(Cl)c(C(=O)N2CCCSc3ccccc32)n1. The van der Waals surface area contributed by atoms with Gasteiger partial charge in [0.25, 0.3) is 5.91 Å². The molecule has 0 bridgehead atoms. The van der Waals surface area contributed by atoms with Crippen LogP contribution in [0.3, 0.4) is 0 Å². The molecule has 0 spiro atoms. The molecule has 1 aromatic carbocycles. The summed E-state index contributed by atoms with van der Waals surface area (Å²) in [6.45, 7) is 2.42. The molecule has 3 rings (SSSR count). The number of fused-ring (bicyclic) bond motifs is 1. The molecule has 0 unspecified atom stereocenters. The molecule has 0 fully saturated rings. The minimum atomic E-state index is -0.166. The van der Waals surface area contributed by atoms with E-state index >= 15 is 0 Å². The molecule has 1 amide bonds. The van der Waals surface area contributed by atoms with E-state index in [9.17, 15) is 4.79 Å². The maximum absolute atomic E-state index is 12.8. The Bertz CT molecular complexity index is 692. The fourth-order valence-electron chi connectivity index (χ4n) is 2.27. The number of carbonyl (C=O) groups excluding carboxylic acids is 1. The number of aromatic nitrogens is 2. The molecule has 0 radical (unpaired) electrons. The van der Waals surface area contributed by atoms with Crippen LogP contribution >= 0.6 is 23.4 Å². The van der Waals surface area contributed by atoms with Crippen LogP contribution in [0, 0.1) is 6.92 Å². The summed E-state index contributed by atoms with van der Waals surface area (Å²) < 4.78 is 0. The van der Waals surface area contributed by atoms with Gasteiger partial charge in [-0.2, -0.15) is 0 Å². The minimum absolute atomic E-state index is 0.166. The summed E-state index contributed by atoms with van der Waals surface area (Å²) >= 11 is 7.87. The van der Waals surface area contributed by atoms with Crippen molar-refractivity contribution in [1.29, 1.82) is 0 Å². The fraction of sp³-hybridized carbons (Fsp3) is 0.267. The van der Waals surface area contributed by atoms with E-state index in [0.717, 1.165) is 22.8 Å². The summed E-state index contributed by atoms with van der Waals surface area (Å²) in [7, 11) is 0. The number of anilines is 1. The number of hydrogen-bond acceptors (Lipinski definition) is 4. The van der Waals surface area contributed by atoms with E-state index in [-0.39, 0.29) is 11.6 Å². The molecule has 108 valence electrons. The number of halogens is 1. The zero-order valence-corrected chi connectivity index (χ0v) is 13.1. The molecule has 0 aliphatic carbocycles. The van der Waals surface area contributed by atoms with E-state index in [1.54, 1.807) is 23.6 Å². The Morgan fingerprint density at radius 3 is 3.05 bits per heavy atom. The standard InChI is InChI=1S/C15H14ClN3OS/c1-10-17-9-11(16)14(18-10)15(20)19-7-4-8-21-13-6-3-2-5-12(13)19/h2-3,5-6,9H,4,7-8H2,1H3. The van der Waals surface area contributed by atoms with Crippen LogP contribution in [-0.4, -0.2) is 28.2 Å². The van der Waals surface area contributed by atoms with Gasteiger partial charge in [-0.3, -0.25) is 4.79 Å². The third kappa shape index (κ3) is 2.89. The van der Waals surface area contributed by atoms with E-state index in [0.29, 0.717) is 17.4 Å². The molecule has 1 aromatic heterocycles. The average molecular weight is 320 g/mol. The quantitative estimate of drug-likeness (QED) is 0.806. The van der Waals surface area contributed by atoms with E-state index in [4.69, 9.17) is 11.6 Å². The van der Waals surface area contributed by atoms with Gasteiger partial charge >= 0.3 is 0 Å². The van der Waals surface area contributed by atoms with Gasteiger partial charge in [-0.25, -0.2) is 9.97 Å². The van der Waals surface area contributed by atoms with Crippen LogP contribution in [-0.2, 0) is 0 Å².